The minimum Gasteiger partial charge on any atom is -0.383 e. The predicted octanol–water partition coefficient (Wildman–Crippen LogP) is 3.97. The van der Waals surface area contributed by atoms with E-state index in [1.165, 1.54) is 0 Å². The van der Waals surface area contributed by atoms with Gasteiger partial charge in [-0.3, -0.25) is 4.79 Å². The molecule has 4 rings (SSSR count). The van der Waals surface area contributed by atoms with E-state index in [0.717, 1.165) is 27.6 Å². The smallest absolute Gasteiger partial charge is 0.251 e. The summed E-state index contributed by atoms with van der Waals surface area (Å²) in [5.74, 6) is 0.641. The van der Waals surface area contributed by atoms with Crippen molar-refractivity contribution in [3.63, 3.8) is 0 Å². The van der Waals surface area contributed by atoms with Gasteiger partial charge in [0.25, 0.3) is 5.91 Å². The standard InChI is InChI=1S/C24H28N6O2S/c1-16(2)33-24-28-21(25-12-14-32-3)20-15-27-30(22(20)29-24)13-11-26-23(31)19-10-6-8-17-7-4-5-9-18(17)19/h4-10,15-16H,11-14H2,1-3H3,(H,26,31)(H,25,28,29). The second-order valence-corrected chi connectivity index (χ2v) is 9.37. The van der Waals surface area contributed by atoms with Crippen molar-refractivity contribution in [3.8, 4) is 0 Å². The Labute approximate surface area is 197 Å². The van der Waals surface area contributed by atoms with Gasteiger partial charge in [-0.15, -0.1) is 0 Å². The average Bonchev–Trinajstić information content (AvgIpc) is 3.21. The van der Waals surface area contributed by atoms with E-state index in [2.05, 4.69) is 34.6 Å². The van der Waals surface area contributed by atoms with Crippen LogP contribution in [0.25, 0.3) is 21.8 Å². The summed E-state index contributed by atoms with van der Waals surface area (Å²) < 4.78 is 6.95. The Kier molecular flexibility index (Phi) is 7.41. The lowest BCUT2D eigenvalue weighted by Gasteiger charge is -2.11. The van der Waals surface area contributed by atoms with Crippen LogP contribution in [0.3, 0.4) is 0 Å². The van der Waals surface area contributed by atoms with Crippen LogP contribution in [0.4, 0.5) is 5.82 Å². The van der Waals surface area contributed by atoms with Gasteiger partial charge in [0.2, 0.25) is 0 Å². The van der Waals surface area contributed by atoms with Crippen LogP contribution in [-0.4, -0.2) is 57.7 Å². The molecule has 0 radical (unpaired) electrons. The fourth-order valence-corrected chi connectivity index (χ4v) is 4.27. The highest BCUT2D eigenvalue weighted by Crippen LogP contribution is 2.26. The molecule has 0 aliphatic carbocycles. The van der Waals surface area contributed by atoms with Crippen LogP contribution in [0, 0.1) is 0 Å². The van der Waals surface area contributed by atoms with Crippen molar-refractivity contribution < 1.29 is 9.53 Å². The summed E-state index contributed by atoms with van der Waals surface area (Å²) in [5, 5.41) is 14.7. The minimum atomic E-state index is -0.101. The number of ether oxygens (including phenoxy) is 1. The summed E-state index contributed by atoms with van der Waals surface area (Å²) in [4.78, 5) is 22.2. The molecule has 0 spiro atoms. The van der Waals surface area contributed by atoms with Crippen LogP contribution in [0.1, 0.15) is 24.2 Å². The number of methoxy groups -OCH3 is 1. The van der Waals surface area contributed by atoms with Crippen LogP contribution in [-0.2, 0) is 11.3 Å². The Morgan fingerprint density at radius 1 is 1.09 bits per heavy atom. The van der Waals surface area contributed by atoms with Gasteiger partial charge in [0.1, 0.15) is 5.82 Å². The first kappa shape index (κ1) is 23.0. The summed E-state index contributed by atoms with van der Waals surface area (Å²) in [5.41, 5.74) is 1.41. The number of rotatable bonds is 10. The Balaban J connectivity index is 1.51. The molecule has 4 aromatic rings. The monoisotopic (exact) mass is 464 g/mol. The zero-order valence-corrected chi connectivity index (χ0v) is 19.9. The van der Waals surface area contributed by atoms with E-state index in [0.29, 0.717) is 42.2 Å². The molecule has 2 aromatic heterocycles. The quantitative estimate of drug-likeness (QED) is 0.208. The van der Waals surface area contributed by atoms with Crippen molar-refractivity contribution in [1.82, 2.24) is 25.1 Å². The molecule has 9 heteroatoms. The van der Waals surface area contributed by atoms with Gasteiger partial charge in [0.05, 0.1) is 24.7 Å². The van der Waals surface area contributed by atoms with Crippen LogP contribution in [0.2, 0.25) is 0 Å². The first-order valence-corrected chi connectivity index (χ1v) is 11.8. The van der Waals surface area contributed by atoms with Crippen molar-refractivity contribution in [2.75, 3.05) is 32.1 Å². The Morgan fingerprint density at radius 3 is 2.73 bits per heavy atom. The van der Waals surface area contributed by atoms with E-state index in [1.807, 2.05) is 47.1 Å². The molecular weight excluding hydrogens is 436 g/mol. The third kappa shape index (κ3) is 5.43. The number of nitrogens with zero attached hydrogens (tertiary/aromatic N) is 4. The van der Waals surface area contributed by atoms with Crippen molar-refractivity contribution in [2.24, 2.45) is 0 Å². The summed E-state index contributed by atoms with van der Waals surface area (Å²) in [6, 6.07) is 13.6. The van der Waals surface area contributed by atoms with Crippen LogP contribution in [0.15, 0.2) is 53.8 Å². The molecule has 172 valence electrons. The largest absolute Gasteiger partial charge is 0.383 e. The molecule has 2 heterocycles. The van der Waals surface area contributed by atoms with Crippen LogP contribution in [0.5, 0.6) is 0 Å². The SMILES string of the molecule is COCCNc1nc(SC(C)C)nc2c1cnn2CCNC(=O)c1cccc2ccccc12. The number of benzene rings is 2. The van der Waals surface area contributed by atoms with Gasteiger partial charge in [0.15, 0.2) is 10.8 Å². The van der Waals surface area contributed by atoms with Gasteiger partial charge in [-0.05, 0) is 16.8 Å². The number of anilines is 1. The fraction of sp³-hybridized carbons (Fsp3) is 0.333. The van der Waals surface area contributed by atoms with Crippen molar-refractivity contribution >= 4 is 45.3 Å². The van der Waals surface area contributed by atoms with Crippen LogP contribution < -0.4 is 10.6 Å². The maximum Gasteiger partial charge on any atom is 0.251 e. The maximum absolute atomic E-state index is 12.8. The molecule has 0 saturated carbocycles. The fourth-order valence-electron chi connectivity index (χ4n) is 3.56. The lowest BCUT2D eigenvalue weighted by Crippen LogP contribution is -2.27. The molecule has 0 saturated heterocycles. The number of carbonyl (C=O) groups is 1. The number of amides is 1. The molecule has 33 heavy (non-hydrogen) atoms. The molecule has 0 fully saturated rings. The van der Waals surface area contributed by atoms with E-state index in [4.69, 9.17) is 9.72 Å². The third-order valence-corrected chi connectivity index (χ3v) is 5.92. The van der Waals surface area contributed by atoms with Gasteiger partial charge in [-0.1, -0.05) is 62.0 Å². The number of hydrogen-bond donors (Lipinski definition) is 2. The number of aromatic nitrogens is 4. The van der Waals surface area contributed by atoms with E-state index in [9.17, 15) is 4.79 Å². The van der Waals surface area contributed by atoms with Crippen LogP contribution >= 0.6 is 11.8 Å². The Bertz CT molecular complexity index is 1250. The van der Waals surface area contributed by atoms with Gasteiger partial charge in [-0.2, -0.15) is 5.10 Å². The van der Waals surface area contributed by atoms with Gasteiger partial charge in [0, 0.05) is 31.0 Å². The van der Waals surface area contributed by atoms with Gasteiger partial charge >= 0.3 is 0 Å². The number of fused-ring (bicyclic) bond motifs is 2. The zero-order chi connectivity index (χ0) is 23.2. The first-order chi connectivity index (χ1) is 16.1. The van der Waals surface area contributed by atoms with Crippen molar-refractivity contribution in [3.05, 3.63) is 54.2 Å². The molecule has 1 amide bonds. The lowest BCUT2D eigenvalue weighted by molar-refractivity contribution is 0.0953. The molecule has 0 aliphatic heterocycles. The number of carbonyl (C=O) groups excluding carboxylic acids is 1. The second-order valence-electron chi connectivity index (χ2n) is 7.83. The van der Waals surface area contributed by atoms with Crippen molar-refractivity contribution in [1.29, 1.82) is 0 Å². The lowest BCUT2D eigenvalue weighted by atomic mass is 10.0. The number of thioether (sulfide) groups is 1. The zero-order valence-electron chi connectivity index (χ0n) is 19.0. The highest BCUT2D eigenvalue weighted by atomic mass is 32.2. The molecular formula is C24H28N6O2S. The Morgan fingerprint density at radius 2 is 1.91 bits per heavy atom. The number of nitrogens with one attached hydrogen (secondary N) is 2. The molecule has 0 unspecified atom stereocenters. The highest BCUT2D eigenvalue weighted by molar-refractivity contribution is 7.99. The Hall–Kier alpha value is -3.17. The van der Waals surface area contributed by atoms with Gasteiger partial charge < -0.3 is 15.4 Å². The molecule has 0 bridgehead atoms. The normalized spacial score (nSPS) is 11.4. The summed E-state index contributed by atoms with van der Waals surface area (Å²) in [6.45, 7) is 6.36. The second kappa shape index (κ2) is 10.6. The van der Waals surface area contributed by atoms with E-state index >= 15 is 0 Å². The topological polar surface area (TPSA) is 94.0 Å². The minimum absolute atomic E-state index is 0.101. The highest BCUT2D eigenvalue weighted by Gasteiger charge is 2.15. The summed E-state index contributed by atoms with van der Waals surface area (Å²) in [6.07, 6.45) is 1.76. The molecule has 0 atom stereocenters. The van der Waals surface area contributed by atoms with E-state index in [-0.39, 0.29) is 5.91 Å². The maximum atomic E-state index is 12.8. The average molecular weight is 465 g/mol. The molecule has 0 aliphatic rings. The molecule has 2 N–H and O–H groups in total. The summed E-state index contributed by atoms with van der Waals surface area (Å²) >= 11 is 1.60. The van der Waals surface area contributed by atoms with Crippen molar-refractivity contribution in [2.45, 2.75) is 30.8 Å². The molecule has 8 nitrogen and oxygen atoms in total. The third-order valence-electron chi connectivity index (χ3n) is 5.06. The first-order valence-electron chi connectivity index (χ1n) is 11.0. The molecule has 2 aromatic carbocycles. The summed E-state index contributed by atoms with van der Waals surface area (Å²) in [7, 11) is 1.67. The van der Waals surface area contributed by atoms with E-state index in [1.54, 1.807) is 25.1 Å². The predicted molar refractivity (Wildman–Crippen MR) is 133 cm³/mol. The van der Waals surface area contributed by atoms with Gasteiger partial charge in [-0.25, -0.2) is 14.6 Å². The van der Waals surface area contributed by atoms with E-state index < -0.39 is 0 Å². The number of hydrogen-bond acceptors (Lipinski definition) is 7.